The smallest absolute Gasteiger partial charge is 0.114 e. The van der Waals surface area contributed by atoms with E-state index in [0.717, 1.165) is 6.07 Å². The minimum atomic E-state index is -0.634. The SMILES string of the molecule is C#CC1=C[C-]=C(c2cc(F)cc(F)c2)N(C)C1=C.[Y]. The average Bonchev–Trinajstić information content (AvgIpc) is 2.31. The summed E-state index contributed by atoms with van der Waals surface area (Å²) in [6.45, 7) is 3.83. The summed E-state index contributed by atoms with van der Waals surface area (Å²) >= 11 is 0. The van der Waals surface area contributed by atoms with Gasteiger partial charge in [-0.05, 0) is 5.70 Å². The maximum absolute atomic E-state index is 13.2. The van der Waals surface area contributed by atoms with Gasteiger partial charge in [-0.1, -0.05) is 35.5 Å². The first-order chi connectivity index (χ1) is 8.52. The van der Waals surface area contributed by atoms with Gasteiger partial charge in [-0.2, -0.15) is 12.2 Å². The Morgan fingerprint density at radius 1 is 1.26 bits per heavy atom. The first-order valence-electron chi connectivity index (χ1n) is 5.22. The van der Waals surface area contributed by atoms with Crippen LogP contribution < -0.4 is 0 Å². The van der Waals surface area contributed by atoms with Gasteiger partial charge >= 0.3 is 0 Å². The van der Waals surface area contributed by atoms with E-state index >= 15 is 0 Å². The van der Waals surface area contributed by atoms with Crippen LogP contribution in [0.4, 0.5) is 8.78 Å². The summed E-state index contributed by atoms with van der Waals surface area (Å²) in [6, 6.07) is 3.30. The minimum absolute atomic E-state index is 0. The van der Waals surface area contributed by atoms with Crippen LogP contribution in [0.2, 0.25) is 0 Å². The fraction of sp³-hybridized carbons (Fsp3) is 0.0667. The topological polar surface area (TPSA) is 3.24 Å². The van der Waals surface area contributed by atoms with Gasteiger partial charge in [0.05, 0.1) is 0 Å². The number of likely N-dealkylation sites (N-methyl/N-ethyl adjacent to an activating group) is 1. The fourth-order valence-electron chi connectivity index (χ4n) is 1.73. The number of nitrogens with zero attached hydrogens (tertiary/aromatic N) is 1. The van der Waals surface area contributed by atoms with E-state index in [0.29, 0.717) is 22.5 Å². The van der Waals surface area contributed by atoms with Crippen molar-refractivity contribution in [1.82, 2.24) is 4.90 Å². The predicted octanol–water partition coefficient (Wildman–Crippen LogP) is 3.13. The van der Waals surface area contributed by atoms with Crippen molar-refractivity contribution in [2.24, 2.45) is 0 Å². The molecule has 1 radical (unpaired) electrons. The molecule has 0 saturated carbocycles. The van der Waals surface area contributed by atoms with Gasteiger partial charge in [-0.25, -0.2) is 8.78 Å². The number of terminal acetylenes is 1. The molecular weight excluding hydrogens is 321 g/mol. The predicted molar refractivity (Wildman–Crippen MR) is 66.8 cm³/mol. The molecule has 0 N–H and O–H groups in total. The monoisotopic (exact) mass is 331 g/mol. The molecule has 1 aromatic carbocycles. The maximum atomic E-state index is 13.2. The standard InChI is InChI=1S/C15H10F2N.Y/c1-4-11-5-6-15(18(3)10(11)2)12-7-13(16)9-14(17)8-12;/h1,5,7-9H,2H2,3H3;/q-1;. The van der Waals surface area contributed by atoms with E-state index in [2.05, 4.69) is 18.6 Å². The molecule has 1 heterocycles. The zero-order valence-corrected chi connectivity index (χ0v) is 13.2. The minimum Gasteiger partial charge on any atom is -0.377 e. The van der Waals surface area contributed by atoms with Gasteiger partial charge in [0, 0.05) is 45.8 Å². The summed E-state index contributed by atoms with van der Waals surface area (Å²) in [6.07, 6.45) is 9.81. The van der Waals surface area contributed by atoms with Crippen LogP contribution in [0.25, 0.3) is 5.70 Å². The van der Waals surface area contributed by atoms with Gasteiger partial charge in [-0.15, -0.1) is 12.3 Å². The molecule has 19 heavy (non-hydrogen) atoms. The Morgan fingerprint density at radius 2 is 1.84 bits per heavy atom. The molecule has 0 fully saturated rings. The number of halogens is 2. The zero-order chi connectivity index (χ0) is 13.3. The van der Waals surface area contributed by atoms with E-state index in [9.17, 15) is 8.78 Å². The van der Waals surface area contributed by atoms with Crippen LogP contribution in [0.1, 0.15) is 5.56 Å². The normalized spacial score (nSPS) is 14.2. The van der Waals surface area contributed by atoms with Gasteiger partial charge < -0.3 is 4.90 Å². The van der Waals surface area contributed by atoms with E-state index in [1.807, 2.05) is 0 Å². The molecule has 1 aliphatic rings. The van der Waals surface area contributed by atoms with E-state index < -0.39 is 11.6 Å². The third kappa shape index (κ3) is 3.21. The zero-order valence-electron chi connectivity index (χ0n) is 10.4. The van der Waals surface area contributed by atoms with Crippen molar-refractivity contribution in [3.05, 3.63) is 65.4 Å². The quantitative estimate of drug-likeness (QED) is 0.565. The molecule has 0 amide bonds. The molecule has 4 heteroatoms. The molecule has 0 atom stereocenters. The summed E-state index contributed by atoms with van der Waals surface area (Å²) in [5.74, 6) is 1.21. The van der Waals surface area contributed by atoms with Crippen molar-refractivity contribution in [2.75, 3.05) is 7.05 Å². The summed E-state index contributed by atoms with van der Waals surface area (Å²) in [4.78, 5) is 1.66. The summed E-state index contributed by atoms with van der Waals surface area (Å²) in [5.41, 5.74) is 2.11. The third-order valence-electron chi connectivity index (χ3n) is 2.70. The second-order valence-electron chi connectivity index (χ2n) is 3.86. The fourth-order valence-corrected chi connectivity index (χ4v) is 1.73. The Morgan fingerprint density at radius 3 is 2.37 bits per heavy atom. The molecule has 0 bridgehead atoms. The van der Waals surface area contributed by atoms with Crippen molar-refractivity contribution < 1.29 is 41.5 Å². The summed E-state index contributed by atoms with van der Waals surface area (Å²) in [7, 11) is 1.72. The van der Waals surface area contributed by atoms with Crippen LogP contribution in [-0.4, -0.2) is 11.9 Å². The number of rotatable bonds is 1. The van der Waals surface area contributed by atoms with Gasteiger partial charge in [0.15, 0.2) is 0 Å². The number of hydrogen-bond donors (Lipinski definition) is 0. The largest absolute Gasteiger partial charge is 0.377 e. The molecular formula is C15H10F2NY-. The first kappa shape index (κ1) is 15.8. The molecule has 0 spiro atoms. The second kappa shape index (κ2) is 6.28. The Kier molecular flexibility index (Phi) is 5.23. The van der Waals surface area contributed by atoms with Crippen LogP contribution in [-0.2, 0) is 32.7 Å². The van der Waals surface area contributed by atoms with Crippen molar-refractivity contribution in [1.29, 1.82) is 0 Å². The van der Waals surface area contributed by atoms with Crippen LogP contribution >= 0.6 is 0 Å². The third-order valence-corrected chi connectivity index (χ3v) is 2.70. The van der Waals surface area contributed by atoms with Crippen LogP contribution in [0.5, 0.6) is 0 Å². The molecule has 0 unspecified atom stereocenters. The average molecular weight is 331 g/mol. The Hall–Kier alpha value is -1.24. The molecule has 93 valence electrons. The van der Waals surface area contributed by atoms with Crippen LogP contribution in [0, 0.1) is 30.1 Å². The van der Waals surface area contributed by atoms with Gasteiger partial charge in [0.1, 0.15) is 11.6 Å². The van der Waals surface area contributed by atoms with E-state index in [1.165, 1.54) is 12.1 Å². The molecule has 1 aromatic rings. The van der Waals surface area contributed by atoms with E-state index in [4.69, 9.17) is 6.42 Å². The van der Waals surface area contributed by atoms with Gasteiger partial charge in [0.25, 0.3) is 0 Å². The van der Waals surface area contributed by atoms with Crippen LogP contribution in [0.3, 0.4) is 0 Å². The van der Waals surface area contributed by atoms with E-state index in [-0.39, 0.29) is 32.7 Å². The molecule has 1 aliphatic heterocycles. The van der Waals surface area contributed by atoms with E-state index in [1.54, 1.807) is 18.0 Å². The van der Waals surface area contributed by atoms with Crippen molar-refractivity contribution >= 4 is 5.70 Å². The van der Waals surface area contributed by atoms with Crippen molar-refractivity contribution in [3.63, 3.8) is 0 Å². The van der Waals surface area contributed by atoms with Crippen LogP contribution in [0.15, 0.2) is 42.1 Å². The molecule has 0 aromatic heterocycles. The number of allylic oxidation sites excluding steroid dienone is 3. The molecule has 2 rings (SSSR count). The second-order valence-corrected chi connectivity index (χ2v) is 3.86. The Bertz CT molecular complexity index is 603. The Labute approximate surface area is 136 Å². The number of hydrogen-bond acceptors (Lipinski definition) is 1. The maximum Gasteiger partial charge on any atom is 0.114 e. The first-order valence-corrected chi connectivity index (χ1v) is 5.22. The van der Waals surface area contributed by atoms with Crippen molar-refractivity contribution in [2.45, 2.75) is 0 Å². The van der Waals surface area contributed by atoms with Crippen molar-refractivity contribution in [3.8, 4) is 12.3 Å². The Balaban J connectivity index is 0.00000180. The summed E-state index contributed by atoms with van der Waals surface area (Å²) in [5, 5.41) is 0. The van der Waals surface area contributed by atoms with Gasteiger partial charge in [0.2, 0.25) is 0 Å². The molecule has 0 aliphatic carbocycles. The summed E-state index contributed by atoms with van der Waals surface area (Å²) < 4.78 is 26.4. The molecule has 1 nitrogen and oxygen atoms in total. The molecule has 0 saturated heterocycles. The van der Waals surface area contributed by atoms with Gasteiger partial charge in [-0.3, -0.25) is 0 Å². The number of benzene rings is 1.